The van der Waals surface area contributed by atoms with Crippen molar-refractivity contribution in [2.75, 3.05) is 26.4 Å². The summed E-state index contributed by atoms with van der Waals surface area (Å²) in [5.41, 5.74) is 3.54. The SMILES string of the molecule is C=CCO[C@@]12Oc3ccc(Oc4cccc([N+](=O)[O-])c4)cc3[C@H]3[C@H](CCCCO)[C@@H](CCCCO)C=C(C(=NOCC)C[C@@H]1N(Cc1cccc4ccccc14)C(=O)C1CC1)[C@H]32. The van der Waals surface area contributed by atoms with Crippen molar-refractivity contribution in [1.29, 1.82) is 0 Å². The fourth-order valence-corrected chi connectivity index (χ4v) is 10.2. The monoisotopic (exact) mass is 843 g/mol. The van der Waals surface area contributed by atoms with Crippen molar-refractivity contribution < 1.29 is 39.0 Å². The normalized spacial score (nSPS) is 24.3. The lowest BCUT2D eigenvalue weighted by Crippen LogP contribution is -2.70. The summed E-state index contributed by atoms with van der Waals surface area (Å²) in [5, 5.41) is 38.6. The molecule has 4 aromatic rings. The summed E-state index contributed by atoms with van der Waals surface area (Å²) in [6, 6.07) is 25.6. The predicted molar refractivity (Wildman–Crippen MR) is 237 cm³/mol. The summed E-state index contributed by atoms with van der Waals surface area (Å²) in [5.74, 6) is -0.678. The van der Waals surface area contributed by atoms with Gasteiger partial charge in [0.2, 0.25) is 11.7 Å². The van der Waals surface area contributed by atoms with E-state index >= 15 is 0 Å². The summed E-state index contributed by atoms with van der Waals surface area (Å²) < 4.78 is 21.0. The van der Waals surface area contributed by atoms with Gasteiger partial charge in [-0.15, -0.1) is 6.58 Å². The van der Waals surface area contributed by atoms with Crippen LogP contribution in [0.15, 0.2) is 114 Å². The molecule has 4 aromatic carbocycles. The predicted octanol–water partition coefficient (Wildman–Crippen LogP) is 9.63. The fourth-order valence-electron chi connectivity index (χ4n) is 10.2. The van der Waals surface area contributed by atoms with Crippen LogP contribution in [0.4, 0.5) is 5.69 Å². The number of nitro benzene ring substituents is 1. The number of oxime groups is 1. The van der Waals surface area contributed by atoms with Gasteiger partial charge in [-0.2, -0.15) is 0 Å². The molecular formula is C50H57N3O9. The van der Waals surface area contributed by atoms with E-state index in [0.29, 0.717) is 49.7 Å². The molecule has 0 aromatic heterocycles. The molecule has 0 bridgehead atoms. The van der Waals surface area contributed by atoms with Crippen LogP contribution in [0.5, 0.6) is 17.2 Å². The van der Waals surface area contributed by atoms with Gasteiger partial charge in [-0.3, -0.25) is 14.9 Å². The molecule has 1 aliphatic heterocycles. The van der Waals surface area contributed by atoms with Crippen molar-refractivity contribution >= 4 is 28.1 Å². The third-order valence-electron chi connectivity index (χ3n) is 13.0. The molecule has 0 saturated heterocycles. The van der Waals surface area contributed by atoms with Crippen molar-refractivity contribution in [1.82, 2.24) is 4.90 Å². The van der Waals surface area contributed by atoms with E-state index in [1.54, 1.807) is 24.3 Å². The molecule has 1 heterocycles. The summed E-state index contributed by atoms with van der Waals surface area (Å²) in [4.78, 5) is 34.1. The van der Waals surface area contributed by atoms with E-state index in [0.717, 1.165) is 71.7 Å². The number of unbranched alkanes of at least 4 members (excludes halogenated alkanes) is 2. The van der Waals surface area contributed by atoms with Crippen LogP contribution in [0.25, 0.3) is 10.8 Å². The molecule has 6 atom stereocenters. The Hall–Kier alpha value is -5.56. The summed E-state index contributed by atoms with van der Waals surface area (Å²) in [6.45, 7) is 6.98. The van der Waals surface area contributed by atoms with Crippen LogP contribution in [0.3, 0.4) is 0 Å². The Morgan fingerprint density at radius 1 is 0.984 bits per heavy atom. The first-order valence-electron chi connectivity index (χ1n) is 22.2. The number of benzene rings is 4. The highest BCUT2D eigenvalue weighted by Crippen LogP contribution is 2.62. The van der Waals surface area contributed by atoms with Crippen LogP contribution >= 0.6 is 0 Å². The largest absolute Gasteiger partial charge is 0.459 e. The number of amides is 1. The number of aliphatic hydroxyl groups is 2. The highest BCUT2D eigenvalue weighted by Gasteiger charge is 2.66. The van der Waals surface area contributed by atoms with Crippen LogP contribution in [-0.2, 0) is 20.9 Å². The highest BCUT2D eigenvalue weighted by atomic mass is 16.7. The number of ether oxygens (including phenoxy) is 3. The minimum atomic E-state index is -1.40. The number of carbonyl (C=O) groups excluding carboxylic acids is 1. The molecule has 3 aliphatic carbocycles. The molecule has 4 aliphatic rings. The molecule has 0 radical (unpaired) electrons. The van der Waals surface area contributed by atoms with Crippen molar-refractivity contribution in [2.45, 2.75) is 89.0 Å². The molecule has 0 unspecified atom stereocenters. The molecule has 2 saturated carbocycles. The number of rotatable bonds is 20. The fraction of sp³-hybridized carbons (Fsp3) is 0.440. The van der Waals surface area contributed by atoms with Gasteiger partial charge in [0, 0.05) is 49.6 Å². The Balaban J connectivity index is 1.34. The molecule has 12 heteroatoms. The topological polar surface area (TPSA) is 153 Å². The highest BCUT2D eigenvalue weighted by molar-refractivity contribution is 6.03. The van der Waals surface area contributed by atoms with Gasteiger partial charge < -0.3 is 34.2 Å². The zero-order chi connectivity index (χ0) is 43.2. The van der Waals surface area contributed by atoms with E-state index in [1.807, 2.05) is 42.2 Å². The first-order valence-corrected chi connectivity index (χ1v) is 22.2. The van der Waals surface area contributed by atoms with Crippen LogP contribution in [-0.4, -0.2) is 69.9 Å². The van der Waals surface area contributed by atoms with E-state index < -0.39 is 22.7 Å². The van der Waals surface area contributed by atoms with E-state index in [9.17, 15) is 25.1 Å². The van der Waals surface area contributed by atoms with Gasteiger partial charge >= 0.3 is 0 Å². The average molecular weight is 844 g/mol. The van der Waals surface area contributed by atoms with Gasteiger partial charge in [-0.25, -0.2) is 0 Å². The zero-order valence-corrected chi connectivity index (χ0v) is 35.4. The van der Waals surface area contributed by atoms with Crippen molar-refractivity contribution in [2.24, 2.45) is 28.8 Å². The Morgan fingerprint density at radius 2 is 1.74 bits per heavy atom. The maximum Gasteiger partial charge on any atom is 0.273 e. The van der Waals surface area contributed by atoms with Crippen LogP contribution in [0, 0.1) is 33.8 Å². The maximum atomic E-state index is 15.0. The van der Waals surface area contributed by atoms with Crippen molar-refractivity contribution in [3.8, 4) is 17.2 Å². The van der Waals surface area contributed by atoms with E-state index in [1.165, 1.54) is 12.1 Å². The lowest BCUT2D eigenvalue weighted by molar-refractivity contribution is -0.384. The quantitative estimate of drug-likeness (QED) is 0.0383. The number of aliphatic hydroxyl groups excluding tert-OH is 2. The Labute approximate surface area is 363 Å². The maximum absolute atomic E-state index is 15.0. The van der Waals surface area contributed by atoms with Crippen LogP contribution in [0.2, 0.25) is 0 Å². The number of carbonyl (C=O) groups is 1. The van der Waals surface area contributed by atoms with Gasteiger partial charge in [-0.05, 0) is 103 Å². The van der Waals surface area contributed by atoms with Gasteiger partial charge in [0.25, 0.3) is 5.69 Å². The van der Waals surface area contributed by atoms with Crippen LogP contribution in [0.1, 0.15) is 81.8 Å². The van der Waals surface area contributed by atoms with Gasteiger partial charge in [0.15, 0.2) is 0 Å². The first kappa shape index (κ1) is 43.1. The molecule has 62 heavy (non-hydrogen) atoms. The second-order valence-corrected chi connectivity index (χ2v) is 16.9. The second-order valence-electron chi connectivity index (χ2n) is 16.9. The summed E-state index contributed by atoms with van der Waals surface area (Å²) in [7, 11) is 0. The van der Waals surface area contributed by atoms with Gasteiger partial charge in [0.05, 0.1) is 29.2 Å². The van der Waals surface area contributed by atoms with Crippen LogP contribution < -0.4 is 9.47 Å². The number of nitro groups is 1. The smallest absolute Gasteiger partial charge is 0.273 e. The van der Waals surface area contributed by atoms with Crippen molar-refractivity contribution in [3.63, 3.8) is 0 Å². The first-order chi connectivity index (χ1) is 30.3. The minimum Gasteiger partial charge on any atom is -0.459 e. The van der Waals surface area contributed by atoms with Gasteiger partial charge in [-0.1, -0.05) is 78.7 Å². The third-order valence-corrected chi connectivity index (χ3v) is 13.0. The third kappa shape index (κ3) is 8.73. The number of nitrogens with zero attached hydrogens (tertiary/aromatic N) is 3. The Bertz CT molecular complexity index is 2320. The number of hydrogen-bond acceptors (Lipinski definition) is 10. The van der Waals surface area contributed by atoms with E-state index in [4.69, 9.17) is 24.2 Å². The molecule has 0 spiro atoms. The summed E-state index contributed by atoms with van der Waals surface area (Å²) >= 11 is 0. The second kappa shape index (κ2) is 19.2. The average Bonchev–Trinajstić information content (AvgIpc) is 4.14. The standard InChI is InChI=1S/C50H57N3O9/c1-3-27-59-50-46(52(49(56)34-21-22-34)32-36-16-11-15-33-13-5-6-19-40(33)36)31-44(51-60-4-2)42-28-35(14-7-9-25-54)41(20-8-10-26-55)47(48(42)50)43-30-39(23-24-45(43)62-50)61-38-18-12-17-37(29-38)53(57)58/h3,5-6,11-13,15-19,23-24,28-30,34-35,41,46-48,54-55H,1,4,7-10,14,20-22,25-27,31-32H2,2H3/t35-,41+,46-,47+,48+,50+/m0/s1. The molecular weight excluding hydrogens is 787 g/mol. The molecule has 2 fully saturated rings. The number of fused-ring (bicyclic) bond motifs is 3. The lowest BCUT2D eigenvalue weighted by atomic mass is 9.55. The van der Waals surface area contributed by atoms with Crippen molar-refractivity contribution in [3.05, 3.63) is 130 Å². The Morgan fingerprint density at radius 3 is 2.50 bits per heavy atom. The molecule has 2 N–H and O–H groups in total. The molecule has 8 rings (SSSR count). The Kier molecular flexibility index (Phi) is 13.4. The molecule has 326 valence electrons. The number of hydrogen-bond donors (Lipinski definition) is 2. The number of allylic oxidation sites excluding steroid dienone is 1. The molecule has 12 nitrogen and oxygen atoms in total. The van der Waals surface area contributed by atoms with E-state index in [2.05, 4.69) is 36.9 Å². The van der Waals surface area contributed by atoms with Gasteiger partial charge in [0.1, 0.15) is 29.9 Å². The summed E-state index contributed by atoms with van der Waals surface area (Å²) in [6.07, 6.45) is 10.5. The lowest BCUT2D eigenvalue weighted by Gasteiger charge is -2.60. The minimum absolute atomic E-state index is 0.0224. The number of non-ortho nitro benzene ring substituents is 1. The molecule has 1 amide bonds. The zero-order valence-electron chi connectivity index (χ0n) is 35.4. The van der Waals surface area contributed by atoms with E-state index in [-0.39, 0.29) is 55.1 Å².